The number of thiophene rings is 1. The minimum absolute atomic E-state index is 0.0201. The molecule has 0 radical (unpaired) electrons. The van der Waals surface area contributed by atoms with Gasteiger partial charge in [-0.25, -0.2) is 0 Å². The first-order valence-electron chi connectivity index (χ1n) is 6.11. The smallest absolute Gasteiger partial charge is 0.261 e. The Hall–Kier alpha value is -1.62. The molecule has 2 aromatic heterocycles. The summed E-state index contributed by atoms with van der Waals surface area (Å²) in [6, 6.07) is 3.86. The lowest BCUT2D eigenvalue weighted by atomic mass is 9.93. The van der Waals surface area contributed by atoms with Crippen LogP contribution in [0.2, 0.25) is 0 Å². The third kappa shape index (κ3) is 1.95. The highest BCUT2D eigenvalue weighted by molar-refractivity contribution is 7.12. The van der Waals surface area contributed by atoms with Crippen molar-refractivity contribution in [3.63, 3.8) is 0 Å². The Kier molecular flexibility index (Phi) is 2.91. The van der Waals surface area contributed by atoms with E-state index in [0.717, 1.165) is 24.1 Å². The Bertz CT molecular complexity index is 559. The van der Waals surface area contributed by atoms with Crippen LogP contribution in [-0.2, 0) is 13.5 Å². The van der Waals surface area contributed by atoms with Crippen LogP contribution in [0.1, 0.15) is 39.8 Å². The fourth-order valence-electron chi connectivity index (χ4n) is 2.49. The second-order valence-electron chi connectivity index (χ2n) is 4.57. The molecule has 1 aliphatic rings. The number of aromatic nitrogens is 2. The van der Waals surface area contributed by atoms with Gasteiger partial charge in [-0.1, -0.05) is 6.07 Å². The van der Waals surface area contributed by atoms with Crippen molar-refractivity contribution in [2.24, 2.45) is 7.05 Å². The highest BCUT2D eigenvalue weighted by Gasteiger charge is 2.25. The van der Waals surface area contributed by atoms with Gasteiger partial charge < -0.3 is 5.32 Å². The van der Waals surface area contributed by atoms with E-state index in [-0.39, 0.29) is 11.9 Å². The maximum absolute atomic E-state index is 12.1. The van der Waals surface area contributed by atoms with E-state index in [1.54, 1.807) is 0 Å². The van der Waals surface area contributed by atoms with E-state index in [2.05, 4.69) is 10.4 Å². The van der Waals surface area contributed by atoms with Gasteiger partial charge >= 0.3 is 0 Å². The Morgan fingerprint density at radius 1 is 1.61 bits per heavy atom. The fourth-order valence-corrected chi connectivity index (χ4v) is 3.12. The van der Waals surface area contributed by atoms with Crippen LogP contribution in [-0.4, -0.2) is 15.7 Å². The summed E-state index contributed by atoms with van der Waals surface area (Å²) in [5.41, 5.74) is 2.42. The number of nitrogens with one attached hydrogen (secondary N) is 1. The van der Waals surface area contributed by atoms with Gasteiger partial charge in [0.05, 0.1) is 17.1 Å². The number of amides is 1. The van der Waals surface area contributed by atoms with Gasteiger partial charge in [0.25, 0.3) is 5.91 Å². The summed E-state index contributed by atoms with van der Waals surface area (Å²) in [5.74, 6) is 0.0201. The minimum Gasteiger partial charge on any atom is -0.344 e. The first kappa shape index (κ1) is 11.5. The Labute approximate surface area is 110 Å². The SMILES string of the molecule is Cn1ncc2c1CCCC2NC(=O)c1cccs1. The number of rotatable bonds is 2. The first-order chi connectivity index (χ1) is 8.75. The largest absolute Gasteiger partial charge is 0.344 e. The van der Waals surface area contributed by atoms with E-state index in [4.69, 9.17) is 0 Å². The van der Waals surface area contributed by atoms with E-state index < -0.39 is 0 Å². The zero-order valence-corrected chi connectivity index (χ0v) is 11.0. The number of fused-ring (bicyclic) bond motifs is 1. The third-order valence-corrected chi connectivity index (χ3v) is 4.29. The van der Waals surface area contributed by atoms with Crippen molar-refractivity contribution in [1.29, 1.82) is 0 Å². The summed E-state index contributed by atoms with van der Waals surface area (Å²) in [7, 11) is 1.96. The highest BCUT2D eigenvalue weighted by Crippen LogP contribution is 2.29. The van der Waals surface area contributed by atoms with Crippen LogP contribution >= 0.6 is 11.3 Å². The van der Waals surface area contributed by atoms with Gasteiger partial charge in [-0.3, -0.25) is 9.48 Å². The Morgan fingerprint density at radius 2 is 2.50 bits per heavy atom. The summed E-state index contributed by atoms with van der Waals surface area (Å²) in [6.07, 6.45) is 5.03. The zero-order valence-electron chi connectivity index (χ0n) is 10.2. The molecule has 5 heteroatoms. The summed E-state index contributed by atoms with van der Waals surface area (Å²) in [4.78, 5) is 12.8. The maximum Gasteiger partial charge on any atom is 0.261 e. The standard InChI is InChI=1S/C13H15N3OS/c1-16-11-5-2-4-10(9(11)8-14-16)15-13(17)12-6-3-7-18-12/h3,6-8,10H,2,4-5H2,1H3,(H,15,17). The van der Waals surface area contributed by atoms with Crippen molar-refractivity contribution in [1.82, 2.24) is 15.1 Å². The molecule has 0 fully saturated rings. The van der Waals surface area contributed by atoms with Crippen LogP contribution < -0.4 is 5.32 Å². The van der Waals surface area contributed by atoms with Gasteiger partial charge in [-0.05, 0) is 30.7 Å². The van der Waals surface area contributed by atoms with Gasteiger partial charge in [0.15, 0.2) is 0 Å². The molecular formula is C13H15N3OS. The zero-order chi connectivity index (χ0) is 12.5. The highest BCUT2D eigenvalue weighted by atomic mass is 32.1. The lowest BCUT2D eigenvalue weighted by Gasteiger charge is -2.23. The summed E-state index contributed by atoms with van der Waals surface area (Å²) >= 11 is 1.47. The van der Waals surface area contributed by atoms with Gasteiger partial charge in [0.1, 0.15) is 0 Å². The molecule has 1 N–H and O–H groups in total. The average Bonchev–Trinajstić information content (AvgIpc) is 3.00. The minimum atomic E-state index is 0.0201. The molecular weight excluding hydrogens is 246 g/mol. The maximum atomic E-state index is 12.1. The van der Waals surface area contributed by atoms with Crippen LogP contribution in [0.5, 0.6) is 0 Å². The van der Waals surface area contributed by atoms with Gasteiger partial charge in [0, 0.05) is 18.3 Å². The predicted molar refractivity (Wildman–Crippen MR) is 70.7 cm³/mol. The monoisotopic (exact) mass is 261 g/mol. The van der Waals surface area contributed by atoms with Crippen molar-refractivity contribution in [2.75, 3.05) is 0 Å². The van der Waals surface area contributed by atoms with Gasteiger partial charge in [-0.15, -0.1) is 11.3 Å². The van der Waals surface area contributed by atoms with E-state index in [0.29, 0.717) is 0 Å². The van der Waals surface area contributed by atoms with Crippen molar-refractivity contribution in [3.05, 3.63) is 39.8 Å². The van der Waals surface area contributed by atoms with Crippen molar-refractivity contribution in [3.8, 4) is 0 Å². The number of hydrogen-bond donors (Lipinski definition) is 1. The summed E-state index contributed by atoms with van der Waals surface area (Å²) < 4.78 is 1.92. The molecule has 0 aromatic carbocycles. The van der Waals surface area contributed by atoms with Crippen molar-refractivity contribution in [2.45, 2.75) is 25.3 Å². The van der Waals surface area contributed by atoms with Crippen LogP contribution in [0, 0.1) is 0 Å². The molecule has 3 rings (SSSR count). The molecule has 2 aromatic rings. The van der Waals surface area contributed by atoms with Gasteiger partial charge in [0.2, 0.25) is 0 Å². The first-order valence-corrected chi connectivity index (χ1v) is 6.99. The Balaban J connectivity index is 1.80. The molecule has 4 nitrogen and oxygen atoms in total. The summed E-state index contributed by atoms with van der Waals surface area (Å²) in [5, 5.41) is 9.32. The number of aryl methyl sites for hydroxylation is 1. The second-order valence-corrected chi connectivity index (χ2v) is 5.51. The van der Waals surface area contributed by atoms with Crippen molar-refractivity contribution < 1.29 is 4.79 Å². The molecule has 1 atom stereocenters. The predicted octanol–water partition coefficient (Wildman–Crippen LogP) is 2.29. The fraction of sp³-hybridized carbons (Fsp3) is 0.385. The van der Waals surface area contributed by atoms with E-state index in [9.17, 15) is 4.79 Å². The molecule has 94 valence electrons. The number of carbonyl (C=O) groups excluding carboxylic acids is 1. The second kappa shape index (κ2) is 4.57. The molecule has 1 unspecified atom stereocenters. The molecule has 1 amide bonds. The molecule has 18 heavy (non-hydrogen) atoms. The number of hydrogen-bond acceptors (Lipinski definition) is 3. The molecule has 0 spiro atoms. The third-order valence-electron chi connectivity index (χ3n) is 3.43. The number of nitrogens with zero attached hydrogens (tertiary/aromatic N) is 2. The normalized spacial score (nSPS) is 18.4. The van der Waals surface area contributed by atoms with Crippen LogP contribution in [0.3, 0.4) is 0 Å². The molecule has 0 saturated carbocycles. The van der Waals surface area contributed by atoms with Gasteiger partial charge in [-0.2, -0.15) is 5.10 Å². The van der Waals surface area contributed by atoms with E-state index >= 15 is 0 Å². The van der Waals surface area contributed by atoms with E-state index in [1.807, 2.05) is 35.4 Å². The lowest BCUT2D eigenvalue weighted by Crippen LogP contribution is -2.30. The van der Waals surface area contributed by atoms with Crippen LogP contribution in [0.25, 0.3) is 0 Å². The topological polar surface area (TPSA) is 46.9 Å². The molecule has 0 aliphatic heterocycles. The van der Waals surface area contributed by atoms with Crippen molar-refractivity contribution >= 4 is 17.2 Å². The van der Waals surface area contributed by atoms with Crippen LogP contribution in [0.4, 0.5) is 0 Å². The average molecular weight is 261 g/mol. The van der Waals surface area contributed by atoms with Crippen LogP contribution in [0.15, 0.2) is 23.7 Å². The molecule has 2 heterocycles. The molecule has 0 saturated heterocycles. The molecule has 0 bridgehead atoms. The quantitative estimate of drug-likeness (QED) is 0.901. The Morgan fingerprint density at radius 3 is 3.28 bits per heavy atom. The van der Waals surface area contributed by atoms with E-state index in [1.165, 1.54) is 22.6 Å². The summed E-state index contributed by atoms with van der Waals surface area (Å²) in [6.45, 7) is 0. The lowest BCUT2D eigenvalue weighted by molar-refractivity contribution is 0.0937. The number of carbonyl (C=O) groups is 1. The molecule has 1 aliphatic carbocycles.